The van der Waals surface area contributed by atoms with Gasteiger partial charge in [0.05, 0.1) is 18.2 Å². The van der Waals surface area contributed by atoms with E-state index in [1.165, 1.54) is 4.90 Å². The van der Waals surface area contributed by atoms with E-state index >= 15 is 0 Å². The lowest BCUT2D eigenvalue weighted by atomic mass is 9.94. The monoisotopic (exact) mass is 533 g/mol. The molecule has 1 amide bonds. The third-order valence-electron chi connectivity index (χ3n) is 6.66. The molecule has 202 valence electrons. The van der Waals surface area contributed by atoms with Gasteiger partial charge in [0.1, 0.15) is 23.0 Å². The molecule has 6 nitrogen and oxygen atoms in total. The van der Waals surface area contributed by atoms with Crippen molar-refractivity contribution < 1.29 is 24.2 Å². The summed E-state index contributed by atoms with van der Waals surface area (Å²) < 4.78 is 11.9. The molecule has 1 fully saturated rings. The van der Waals surface area contributed by atoms with E-state index in [1.54, 1.807) is 36.4 Å². The topological polar surface area (TPSA) is 76.1 Å². The first-order valence-corrected chi connectivity index (χ1v) is 13.3. The molecular formula is C34H31NO5. The van der Waals surface area contributed by atoms with Crippen molar-refractivity contribution in [2.45, 2.75) is 26.8 Å². The maximum atomic E-state index is 13.6. The molecule has 1 saturated heterocycles. The summed E-state index contributed by atoms with van der Waals surface area (Å²) in [5.74, 6) is 0.372. The van der Waals surface area contributed by atoms with Crippen LogP contribution >= 0.6 is 0 Å². The molecule has 0 saturated carbocycles. The molecular weight excluding hydrogens is 502 g/mol. The van der Waals surface area contributed by atoms with E-state index in [2.05, 4.69) is 0 Å². The Labute approximate surface area is 234 Å². The Morgan fingerprint density at radius 1 is 0.825 bits per heavy atom. The minimum absolute atomic E-state index is 0.00567. The molecule has 0 spiro atoms. The quantitative estimate of drug-likeness (QED) is 0.145. The highest BCUT2D eigenvalue weighted by Gasteiger charge is 2.47. The number of carbonyl (C=O) groups excluding carboxylic acids is 2. The number of rotatable bonds is 8. The molecule has 1 N–H and O–H groups in total. The summed E-state index contributed by atoms with van der Waals surface area (Å²) in [6, 6.07) is 30.1. The van der Waals surface area contributed by atoms with Gasteiger partial charge in [-0.05, 0) is 66.4 Å². The zero-order valence-corrected chi connectivity index (χ0v) is 22.7. The predicted molar refractivity (Wildman–Crippen MR) is 156 cm³/mol. The number of ketones is 1. The molecule has 0 radical (unpaired) electrons. The van der Waals surface area contributed by atoms with Gasteiger partial charge in [0.2, 0.25) is 0 Å². The zero-order valence-electron chi connectivity index (χ0n) is 22.7. The molecule has 40 heavy (non-hydrogen) atoms. The Morgan fingerprint density at radius 2 is 1.50 bits per heavy atom. The molecule has 0 aromatic heterocycles. The molecule has 6 heteroatoms. The fraction of sp³-hybridized carbons (Fsp3) is 0.176. The van der Waals surface area contributed by atoms with Crippen LogP contribution in [0, 0.1) is 12.8 Å². The summed E-state index contributed by atoms with van der Waals surface area (Å²) >= 11 is 0. The van der Waals surface area contributed by atoms with Crippen LogP contribution in [0.25, 0.3) is 5.76 Å². The highest BCUT2D eigenvalue weighted by Crippen LogP contribution is 2.44. The summed E-state index contributed by atoms with van der Waals surface area (Å²) in [5.41, 5.74) is 2.45. The van der Waals surface area contributed by atoms with Gasteiger partial charge in [-0.1, -0.05) is 74.5 Å². The number of ether oxygens (including phenoxy) is 2. The van der Waals surface area contributed by atoms with Gasteiger partial charge in [-0.25, -0.2) is 0 Å². The second-order valence-corrected chi connectivity index (χ2v) is 10.2. The van der Waals surface area contributed by atoms with Crippen molar-refractivity contribution in [2.24, 2.45) is 5.92 Å². The maximum Gasteiger partial charge on any atom is 0.300 e. The van der Waals surface area contributed by atoms with E-state index in [4.69, 9.17) is 9.47 Å². The molecule has 1 aliphatic heterocycles. The molecule has 4 aromatic carbocycles. The van der Waals surface area contributed by atoms with Crippen LogP contribution in [0.5, 0.6) is 17.2 Å². The van der Waals surface area contributed by atoms with Gasteiger partial charge in [0, 0.05) is 11.3 Å². The normalized spacial score (nSPS) is 16.4. The fourth-order valence-electron chi connectivity index (χ4n) is 4.75. The van der Waals surface area contributed by atoms with Crippen LogP contribution in [0.1, 0.15) is 36.6 Å². The van der Waals surface area contributed by atoms with Crippen LogP contribution in [0.3, 0.4) is 0 Å². The van der Waals surface area contributed by atoms with Crippen LogP contribution in [0.4, 0.5) is 5.69 Å². The number of hydrogen-bond acceptors (Lipinski definition) is 5. The van der Waals surface area contributed by atoms with Crippen LogP contribution in [0.15, 0.2) is 109 Å². The number of aryl methyl sites for hydroxylation is 1. The third-order valence-corrected chi connectivity index (χ3v) is 6.66. The number of amides is 1. The van der Waals surface area contributed by atoms with Gasteiger partial charge in [-0.2, -0.15) is 0 Å². The van der Waals surface area contributed by atoms with Gasteiger partial charge in [-0.3, -0.25) is 14.5 Å². The predicted octanol–water partition coefficient (Wildman–Crippen LogP) is 7.45. The minimum Gasteiger partial charge on any atom is -0.507 e. The van der Waals surface area contributed by atoms with Crippen LogP contribution in [0.2, 0.25) is 0 Å². The average molecular weight is 534 g/mol. The van der Waals surface area contributed by atoms with E-state index in [0.717, 1.165) is 5.56 Å². The van der Waals surface area contributed by atoms with Crippen LogP contribution in [-0.4, -0.2) is 23.4 Å². The molecule has 1 heterocycles. The number of para-hydroxylation sites is 2. The maximum absolute atomic E-state index is 13.6. The third kappa shape index (κ3) is 5.47. The van der Waals surface area contributed by atoms with E-state index < -0.39 is 17.7 Å². The van der Waals surface area contributed by atoms with Gasteiger partial charge in [-0.15, -0.1) is 0 Å². The summed E-state index contributed by atoms with van der Waals surface area (Å²) in [7, 11) is 0. The molecule has 5 rings (SSSR count). The Bertz CT molecular complexity index is 1570. The van der Waals surface area contributed by atoms with Crippen molar-refractivity contribution in [3.8, 4) is 17.2 Å². The average Bonchev–Trinajstić information content (AvgIpc) is 3.22. The smallest absolute Gasteiger partial charge is 0.300 e. The van der Waals surface area contributed by atoms with E-state index in [-0.39, 0.29) is 11.3 Å². The number of hydrogen-bond donors (Lipinski definition) is 1. The van der Waals surface area contributed by atoms with Crippen molar-refractivity contribution in [3.05, 3.63) is 125 Å². The number of aliphatic hydroxyl groups excluding tert-OH is 1. The second kappa shape index (κ2) is 11.5. The molecule has 1 atom stereocenters. The fourth-order valence-corrected chi connectivity index (χ4v) is 4.75. The Morgan fingerprint density at radius 3 is 2.25 bits per heavy atom. The van der Waals surface area contributed by atoms with Gasteiger partial charge in [0.15, 0.2) is 0 Å². The standard InChI is InChI=1S/C34H31NO5/c1-22(2)21-39-27-16-10-13-25(20-27)32(36)30-31(35(34(38)33(30)37)29-18-8-7-11-23(29)3)24-12-9-17-28(19-24)40-26-14-5-4-6-15-26/h4-20,22,31,36H,21H2,1-3H3/b32-30-. The highest BCUT2D eigenvalue weighted by molar-refractivity contribution is 6.51. The van der Waals surface area contributed by atoms with Crippen molar-refractivity contribution in [1.82, 2.24) is 0 Å². The van der Waals surface area contributed by atoms with Crippen molar-refractivity contribution in [2.75, 3.05) is 11.5 Å². The lowest BCUT2D eigenvalue weighted by molar-refractivity contribution is -0.132. The first-order chi connectivity index (χ1) is 19.3. The van der Waals surface area contributed by atoms with Gasteiger partial charge < -0.3 is 14.6 Å². The number of carbonyl (C=O) groups is 2. The Balaban J connectivity index is 1.64. The van der Waals surface area contributed by atoms with E-state index in [1.807, 2.05) is 87.5 Å². The number of nitrogens with zero attached hydrogens (tertiary/aromatic N) is 1. The van der Waals surface area contributed by atoms with Crippen molar-refractivity contribution >= 4 is 23.1 Å². The molecule has 0 aliphatic carbocycles. The number of benzene rings is 4. The van der Waals surface area contributed by atoms with Crippen LogP contribution in [-0.2, 0) is 9.59 Å². The second-order valence-electron chi connectivity index (χ2n) is 10.2. The lowest BCUT2D eigenvalue weighted by Gasteiger charge is -2.27. The number of Topliss-reactive ketones (excluding diaryl/α,β-unsaturated/α-hetero) is 1. The van der Waals surface area contributed by atoms with E-state index in [9.17, 15) is 14.7 Å². The first-order valence-electron chi connectivity index (χ1n) is 13.3. The first kappa shape index (κ1) is 26.8. The summed E-state index contributed by atoms with van der Waals surface area (Å²) in [6.45, 7) is 6.49. The molecule has 4 aromatic rings. The van der Waals surface area contributed by atoms with Crippen molar-refractivity contribution in [3.63, 3.8) is 0 Å². The summed E-state index contributed by atoms with van der Waals surface area (Å²) in [4.78, 5) is 28.6. The molecule has 1 aliphatic rings. The number of aliphatic hydroxyl groups is 1. The minimum atomic E-state index is -0.874. The summed E-state index contributed by atoms with van der Waals surface area (Å²) in [5, 5.41) is 11.6. The van der Waals surface area contributed by atoms with Gasteiger partial charge in [0.25, 0.3) is 11.7 Å². The number of anilines is 1. The SMILES string of the molecule is Cc1ccccc1N1C(=O)C(=O)/C(=C(\O)c2cccc(OCC(C)C)c2)C1c1cccc(Oc2ccccc2)c1. The molecule has 1 unspecified atom stereocenters. The van der Waals surface area contributed by atoms with Crippen molar-refractivity contribution in [1.29, 1.82) is 0 Å². The molecule has 0 bridgehead atoms. The van der Waals surface area contributed by atoms with E-state index in [0.29, 0.717) is 46.6 Å². The highest BCUT2D eigenvalue weighted by atomic mass is 16.5. The van der Waals surface area contributed by atoms with Gasteiger partial charge >= 0.3 is 0 Å². The Hall–Kier alpha value is -4.84. The van der Waals surface area contributed by atoms with Crippen LogP contribution < -0.4 is 14.4 Å². The largest absolute Gasteiger partial charge is 0.507 e. The summed E-state index contributed by atoms with van der Waals surface area (Å²) in [6.07, 6.45) is 0. The lowest BCUT2D eigenvalue weighted by Crippen LogP contribution is -2.30. The zero-order chi connectivity index (χ0) is 28.2. The Kier molecular flexibility index (Phi) is 7.69.